The van der Waals surface area contributed by atoms with Crippen molar-refractivity contribution in [2.24, 2.45) is 23.2 Å². The van der Waals surface area contributed by atoms with Crippen molar-refractivity contribution < 1.29 is 0 Å². The Kier molecular flexibility index (Phi) is 2.10. The molecule has 4 aliphatic rings. The van der Waals surface area contributed by atoms with Crippen LogP contribution >= 0.6 is 11.8 Å². The number of hydrogen-bond donors (Lipinski definition) is 0. The Balaban J connectivity index is 1.87. The topological polar surface area (TPSA) is 0 Å². The van der Waals surface area contributed by atoms with Gasteiger partial charge in [0.25, 0.3) is 0 Å². The molecule has 4 bridgehead atoms. The zero-order valence-electron chi connectivity index (χ0n) is 8.88. The van der Waals surface area contributed by atoms with Crippen LogP contribution in [0.1, 0.15) is 38.5 Å². The molecule has 0 atom stereocenters. The SMILES string of the molecule is CSC#CC12CC3CC(CC(C3)C1)C2. The second-order valence-corrected chi connectivity index (χ2v) is 6.24. The summed E-state index contributed by atoms with van der Waals surface area (Å²) < 4.78 is 0. The standard InChI is InChI=1S/C13H18S/c1-14-3-2-13-7-10-4-11(8-13)6-12(5-10)9-13/h10-12H,4-9H2,1H3. The van der Waals surface area contributed by atoms with Crippen molar-refractivity contribution in [2.75, 3.05) is 6.26 Å². The van der Waals surface area contributed by atoms with E-state index in [4.69, 9.17) is 0 Å². The van der Waals surface area contributed by atoms with Crippen molar-refractivity contribution in [3.05, 3.63) is 0 Å². The summed E-state index contributed by atoms with van der Waals surface area (Å²) in [7, 11) is 0. The van der Waals surface area contributed by atoms with Crippen molar-refractivity contribution in [1.29, 1.82) is 0 Å². The van der Waals surface area contributed by atoms with Gasteiger partial charge in [-0.15, -0.1) is 0 Å². The van der Waals surface area contributed by atoms with Crippen LogP contribution in [0.3, 0.4) is 0 Å². The van der Waals surface area contributed by atoms with Crippen molar-refractivity contribution >= 4 is 11.8 Å². The predicted molar refractivity (Wildman–Crippen MR) is 61.9 cm³/mol. The van der Waals surface area contributed by atoms with Gasteiger partial charge in [-0.3, -0.25) is 0 Å². The van der Waals surface area contributed by atoms with Gasteiger partial charge < -0.3 is 0 Å². The van der Waals surface area contributed by atoms with Crippen LogP contribution in [0.4, 0.5) is 0 Å². The molecule has 4 saturated carbocycles. The summed E-state index contributed by atoms with van der Waals surface area (Å²) >= 11 is 1.69. The van der Waals surface area contributed by atoms with E-state index < -0.39 is 0 Å². The molecule has 0 amide bonds. The molecule has 14 heavy (non-hydrogen) atoms. The van der Waals surface area contributed by atoms with Crippen LogP contribution in [-0.4, -0.2) is 6.26 Å². The second-order valence-electron chi connectivity index (χ2n) is 5.63. The first-order valence-corrected chi connectivity index (χ1v) is 7.07. The maximum absolute atomic E-state index is 3.59. The summed E-state index contributed by atoms with van der Waals surface area (Å²) in [5, 5.41) is 3.27. The zero-order valence-corrected chi connectivity index (χ0v) is 9.70. The van der Waals surface area contributed by atoms with Gasteiger partial charge >= 0.3 is 0 Å². The molecule has 0 aliphatic heterocycles. The van der Waals surface area contributed by atoms with Gasteiger partial charge in [0.2, 0.25) is 0 Å². The molecule has 0 nitrogen and oxygen atoms in total. The Morgan fingerprint density at radius 3 is 1.93 bits per heavy atom. The molecular weight excluding hydrogens is 188 g/mol. The van der Waals surface area contributed by atoms with Gasteiger partial charge in [-0.25, -0.2) is 0 Å². The molecule has 0 unspecified atom stereocenters. The predicted octanol–water partition coefficient (Wildman–Crippen LogP) is 3.53. The van der Waals surface area contributed by atoms with E-state index in [1.165, 1.54) is 38.5 Å². The van der Waals surface area contributed by atoms with E-state index in [2.05, 4.69) is 17.4 Å². The quantitative estimate of drug-likeness (QED) is 0.546. The van der Waals surface area contributed by atoms with Crippen molar-refractivity contribution in [3.63, 3.8) is 0 Å². The van der Waals surface area contributed by atoms with Crippen LogP contribution in [0.5, 0.6) is 0 Å². The highest BCUT2D eigenvalue weighted by Crippen LogP contribution is 2.59. The summed E-state index contributed by atoms with van der Waals surface area (Å²) in [6.07, 6.45) is 10.9. The van der Waals surface area contributed by atoms with E-state index in [0.717, 1.165) is 17.8 Å². The summed E-state index contributed by atoms with van der Waals surface area (Å²) in [5.41, 5.74) is 0.470. The van der Waals surface area contributed by atoms with Crippen LogP contribution in [0.25, 0.3) is 0 Å². The van der Waals surface area contributed by atoms with Crippen molar-refractivity contribution in [2.45, 2.75) is 38.5 Å². The van der Waals surface area contributed by atoms with E-state index >= 15 is 0 Å². The lowest BCUT2D eigenvalue weighted by atomic mass is 9.50. The number of rotatable bonds is 0. The molecule has 4 aliphatic carbocycles. The Morgan fingerprint density at radius 2 is 1.50 bits per heavy atom. The van der Waals surface area contributed by atoms with Gasteiger partial charge in [0.1, 0.15) is 0 Å². The third-order valence-electron chi connectivity index (χ3n) is 4.46. The van der Waals surface area contributed by atoms with Crippen LogP contribution in [0, 0.1) is 34.3 Å². The van der Waals surface area contributed by atoms with E-state index in [1.807, 2.05) is 0 Å². The monoisotopic (exact) mass is 206 g/mol. The lowest BCUT2D eigenvalue weighted by molar-refractivity contribution is -0.0180. The maximum atomic E-state index is 3.59. The van der Waals surface area contributed by atoms with Gasteiger partial charge in [-0.2, -0.15) is 0 Å². The minimum absolute atomic E-state index is 0.470. The first-order valence-electron chi connectivity index (χ1n) is 5.85. The molecule has 0 radical (unpaired) electrons. The van der Waals surface area contributed by atoms with Gasteiger partial charge in [0.05, 0.1) is 0 Å². The van der Waals surface area contributed by atoms with Gasteiger partial charge in [-0.1, -0.05) is 17.7 Å². The first-order chi connectivity index (χ1) is 6.80. The van der Waals surface area contributed by atoms with Crippen molar-refractivity contribution in [3.8, 4) is 11.2 Å². The average molecular weight is 206 g/mol. The molecule has 1 heteroatoms. The Bertz CT molecular complexity index is 259. The Labute approximate surface area is 91.2 Å². The minimum Gasteiger partial charge on any atom is -0.0844 e. The van der Waals surface area contributed by atoms with E-state index in [0.29, 0.717) is 5.41 Å². The lowest BCUT2D eigenvalue weighted by Crippen LogP contribution is -2.45. The summed E-state index contributed by atoms with van der Waals surface area (Å²) in [5.74, 6) is 6.71. The first kappa shape index (κ1) is 9.16. The fourth-order valence-electron chi connectivity index (χ4n) is 4.42. The Morgan fingerprint density at radius 1 is 1.00 bits per heavy atom. The third kappa shape index (κ3) is 1.39. The van der Waals surface area contributed by atoms with Crippen LogP contribution in [0.15, 0.2) is 0 Å². The highest BCUT2D eigenvalue weighted by Gasteiger charge is 2.50. The van der Waals surface area contributed by atoms with E-state index in [-0.39, 0.29) is 0 Å². The molecule has 0 aromatic carbocycles. The van der Waals surface area contributed by atoms with Gasteiger partial charge in [-0.05, 0) is 67.8 Å². The lowest BCUT2D eigenvalue weighted by Gasteiger charge is -2.54. The van der Waals surface area contributed by atoms with E-state index in [9.17, 15) is 0 Å². The third-order valence-corrected chi connectivity index (χ3v) is 4.76. The van der Waals surface area contributed by atoms with Crippen LogP contribution in [-0.2, 0) is 0 Å². The van der Waals surface area contributed by atoms with Crippen LogP contribution < -0.4 is 0 Å². The molecule has 0 aromatic rings. The smallest absolute Gasteiger partial charge is 0.0331 e. The molecule has 76 valence electrons. The number of thioether (sulfide) groups is 1. The normalized spacial score (nSPS) is 48.8. The van der Waals surface area contributed by atoms with E-state index in [1.54, 1.807) is 11.8 Å². The second kappa shape index (κ2) is 3.20. The minimum atomic E-state index is 0.470. The molecular formula is C13H18S. The van der Waals surface area contributed by atoms with Crippen molar-refractivity contribution in [1.82, 2.24) is 0 Å². The molecule has 0 spiro atoms. The Hall–Kier alpha value is -0.0900. The average Bonchev–Trinajstić information content (AvgIpc) is 2.12. The molecule has 0 heterocycles. The van der Waals surface area contributed by atoms with Gasteiger partial charge in [0, 0.05) is 5.41 Å². The highest BCUT2D eigenvalue weighted by molar-refractivity contribution is 8.03. The maximum Gasteiger partial charge on any atom is 0.0331 e. The molecule has 0 N–H and O–H groups in total. The molecule has 4 fully saturated rings. The van der Waals surface area contributed by atoms with Crippen LogP contribution in [0.2, 0.25) is 0 Å². The van der Waals surface area contributed by atoms with Gasteiger partial charge in [0.15, 0.2) is 0 Å². The summed E-state index contributed by atoms with van der Waals surface area (Å²) in [6, 6.07) is 0. The largest absolute Gasteiger partial charge is 0.0844 e. The fourth-order valence-corrected chi connectivity index (χ4v) is 4.74. The number of hydrogen-bond acceptors (Lipinski definition) is 1. The molecule has 0 saturated heterocycles. The molecule has 0 aromatic heterocycles. The zero-order chi connectivity index (χ0) is 9.60. The summed E-state index contributed by atoms with van der Waals surface area (Å²) in [4.78, 5) is 0. The molecule has 4 rings (SSSR count). The highest BCUT2D eigenvalue weighted by atomic mass is 32.2. The summed E-state index contributed by atoms with van der Waals surface area (Å²) in [6.45, 7) is 0. The fraction of sp³-hybridized carbons (Fsp3) is 0.846.